The van der Waals surface area contributed by atoms with Crippen LogP contribution in [0.15, 0.2) is 58.2 Å². The molecule has 2 amide bonds. The smallest absolute Gasteiger partial charge is 0.267 e. The number of hydrogen-bond acceptors (Lipinski definition) is 4. The van der Waals surface area contributed by atoms with E-state index in [1.807, 2.05) is 24.3 Å². The van der Waals surface area contributed by atoms with Gasteiger partial charge in [-0.3, -0.25) is 9.59 Å². The molecule has 0 heterocycles. The molecule has 0 saturated carbocycles. The normalized spacial score (nSPS) is 12.2. The molecule has 0 aromatic heterocycles. The fourth-order valence-corrected chi connectivity index (χ4v) is 2.30. The van der Waals surface area contributed by atoms with Crippen molar-refractivity contribution < 1.29 is 14.4 Å². The summed E-state index contributed by atoms with van der Waals surface area (Å²) in [5.74, 6) is -0.415. The van der Waals surface area contributed by atoms with Crippen LogP contribution in [0.1, 0.15) is 26.3 Å². The maximum atomic E-state index is 12.1. The van der Waals surface area contributed by atoms with Crippen LogP contribution in [0.2, 0.25) is 0 Å². The van der Waals surface area contributed by atoms with Gasteiger partial charge in [-0.05, 0) is 55.8 Å². The molecule has 0 aliphatic heterocycles. The van der Waals surface area contributed by atoms with Crippen LogP contribution in [-0.2, 0) is 14.4 Å². The van der Waals surface area contributed by atoms with Gasteiger partial charge in [0.2, 0.25) is 12.0 Å². The zero-order valence-electron chi connectivity index (χ0n) is 14.7. The zero-order chi connectivity index (χ0) is 19.1. The van der Waals surface area contributed by atoms with E-state index in [-0.39, 0.29) is 11.8 Å². The summed E-state index contributed by atoms with van der Waals surface area (Å²) in [5.41, 5.74) is 2.85. The molecule has 0 spiro atoms. The first-order valence-corrected chi connectivity index (χ1v) is 8.79. The average Bonchev–Trinajstić information content (AvgIpc) is 2.61. The summed E-state index contributed by atoms with van der Waals surface area (Å²) in [6.07, 6.45) is -0.743. The highest BCUT2D eigenvalue weighted by Gasteiger charge is 2.14. The van der Waals surface area contributed by atoms with E-state index in [1.165, 1.54) is 6.92 Å². The summed E-state index contributed by atoms with van der Waals surface area (Å²) in [7, 11) is 0. The largest absolute Gasteiger partial charge is 0.382 e. The molecule has 2 N–H and O–H groups in total. The van der Waals surface area contributed by atoms with E-state index >= 15 is 0 Å². The molecule has 6 nitrogen and oxygen atoms in total. The van der Waals surface area contributed by atoms with Gasteiger partial charge in [0.25, 0.3) is 5.91 Å². The van der Waals surface area contributed by atoms with Gasteiger partial charge in [-0.1, -0.05) is 33.2 Å². The van der Waals surface area contributed by atoms with Crippen LogP contribution in [-0.4, -0.2) is 23.6 Å². The molecular formula is C19H20BrN3O3. The molecule has 0 aliphatic rings. The van der Waals surface area contributed by atoms with Crippen LogP contribution in [0, 0.1) is 0 Å². The first-order valence-electron chi connectivity index (χ1n) is 8.00. The summed E-state index contributed by atoms with van der Waals surface area (Å²) in [6, 6.07) is 14.5. The number of nitrogens with zero attached hydrogens (tertiary/aromatic N) is 1. The Morgan fingerprint density at radius 2 is 1.50 bits per heavy atom. The summed E-state index contributed by atoms with van der Waals surface area (Å²) in [5, 5.41) is 9.48. The highest BCUT2D eigenvalue weighted by atomic mass is 79.9. The van der Waals surface area contributed by atoms with Gasteiger partial charge >= 0.3 is 0 Å². The van der Waals surface area contributed by atoms with Crippen molar-refractivity contribution in [3.8, 4) is 0 Å². The van der Waals surface area contributed by atoms with Crippen molar-refractivity contribution in [2.75, 3.05) is 10.6 Å². The molecular weight excluding hydrogens is 398 g/mol. The van der Waals surface area contributed by atoms with Gasteiger partial charge in [-0.15, -0.1) is 0 Å². The van der Waals surface area contributed by atoms with Crippen molar-refractivity contribution in [2.24, 2.45) is 5.16 Å². The number of rotatable bonds is 6. The van der Waals surface area contributed by atoms with E-state index in [4.69, 9.17) is 4.84 Å². The molecule has 0 bridgehead atoms. The Balaban J connectivity index is 1.93. The van der Waals surface area contributed by atoms with Crippen molar-refractivity contribution in [1.82, 2.24) is 0 Å². The van der Waals surface area contributed by atoms with Gasteiger partial charge in [0.1, 0.15) is 0 Å². The molecule has 2 rings (SSSR count). The lowest BCUT2D eigenvalue weighted by atomic mass is 10.1. The number of hydrogen-bond donors (Lipinski definition) is 2. The predicted octanol–water partition coefficient (Wildman–Crippen LogP) is 4.18. The van der Waals surface area contributed by atoms with Gasteiger partial charge < -0.3 is 15.5 Å². The Morgan fingerprint density at radius 3 is 2.08 bits per heavy atom. The van der Waals surface area contributed by atoms with Gasteiger partial charge in [-0.25, -0.2) is 0 Å². The second-order valence-corrected chi connectivity index (χ2v) is 6.59. The van der Waals surface area contributed by atoms with Crippen LogP contribution in [0.3, 0.4) is 0 Å². The first-order chi connectivity index (χ1) is 12.3. The lowest BCUT2D eigenvalue weighted by Gasteiger charge is -2.11. The van der Waals surface area contributed by atoms with Crippen molar-refractivity contribution >= 4 is 44.8 Å². The Hall–Kier alpha value is -2.67. The number of halogens is 1. The zero-order valence-corrected chi connectivity index (χ0v) is 16.3. The molecule has 1 atom stereocenters. The van der Waals surface area contributed by atoms with Gasteiger partial charge in [0, 0.05) is 22.8 Å². The third-order valence-corrected chi connectivity index (χ3v) is 3.98. The topological polar surface area (TPSA) is 79.8 Å². The lowest BCUT2D eigenvalue weighted by molar-refractivity contribution is -0.126. The van der Waals surface area contributed by atoms with E-state index in [0.29, 0.717) is 17.1 Å². The molecule has 0 saturated heterocycles. The van der Waals surface area contributed by atoms with Crippen molar-refractivity contribution in [1.29, 1.82) is 0 Å². The number of nitrogens with one attached hydrogen (secondary N) is 2. The number of carbonyl (C=O) groups is 2. The van der Waals surface area contributed by atoms with E-state index in [9.17, 15) is 9.59 Å². The molecule has 26 heavy (non-hydrogen) atoms. The minimum absolute atomic E-state index is 0.128. The van der Waals surface area contributed by atoms with Gasteiger partial charge in [0.05, 0.1) is 5.71 Å². The fourth-order valence-electron chi connectivity index (χ4n) is 2.03. The Morgan fingerprint density at radius 1 is 0.962 bits per heavy atom. The van der Waals surface area contributed by atoms with Crippen molar-refractivity contribution in [2.45, 2.75) is 26.9 Å². The van der Waals surface area contributed by atoms with Gasteiger partial charge in [-0.2, -0.15) is 0 Å². The van der Waals surface area contributed by atoms with Crippen LogP contribution >= 0.6 is 15.9 Å². The Bertz CT molecular complexity index is 802. The summed E-state index contributed by atoms with van der Waals surface area (Å²) in [6.45, 7) is 4.87. The SMILES string of the molecule is CC(=O)Nc1ccc(/C(C)=N/OC(C)C(=O)Nc2ccc(Br)cc2)cc1. The number of amides is 2. The monoisotopic (exact) mass is 417 g/mol. The number of oxime groups is 1. The number of anilines is 2. The van der Waals surface area contributed by atoms with Crippen molar-refractivity contribution in [3.05, 3.63) is 58.6 Å². The molecule has 7 heteroatoms. The second-order valence-electron chi connectivity index (χ2n) is 5.68. The molecule has 136 valence electrons. The van der Waals surface area contributed by atoms with E-state index in [1.54, 1.807) is 38.1 Å². The third-order valence-electron chi connectivity index (χ3n) is 3.45. The van der Waals surface area contributed by atoms with E-state index in [2.05, 4.69) is 31.7 Å². The predicted molar refractivity (Wildman–Crippen MR) is 106 cm³/mol. The van der Waals surface area contributed by atoms with Crippen LogP contribution in [0.5, 0.6) is 0 Å². The highest BCUT2D eigenvalue weighted by Crippen LogP contribution is 2.15. The van der Waals surface area contributed by atoms with Crippen LogP contribution in [0.4, 0.5) is 11.4 Å². The molecule has 2 aromatic rings. The van der Waals surface area contributed by atoms with Crippen LogP contribution < -0.4 is 10.6 Å². The minimum Gasteiger partial charge on any atom is -0.382 e. The third kappa shape index (κ3) is 6.00. The Kier molecular flexibility index (Phi) is 6.91. The quantitative estimate of drug-likeness (QED) is 0.546. The van der Waals surface area contributed by atoms with E-state index < -0.39 is 6.10 Å². The molecule has 0 aliphatic carbocycles. The fraction of sp³-hybridized carbons (Fsp3) is 0.211. The summed E-state index contributed by atoms with van der Waals surface area (Å²) >= 11 is 3.34. The lowest BCUT2D eigenvalue weighted by Crippen LogP contribution is -2.26. The molecule has 0 radical (unpaired) electrons. The maximum absolute atomic E-state index is 12.1. The van der Waals surface area contributed by atoms with Crippen LogP contribution in [0.25, 0.3) is 0 Å². The molecule has 2 aromatic carbocycles. The summed E-state index contributed by atoms with van der Waals surface area (Å²) < 4.78 is 0.935. The Labute approximate surface area is 160 Å². The summed E-state index contributed by atoms with van der Waals surface area (Å²) in [4.78, 5) is 28.5. The highest BCUT2D eigenvalue weighted by molar-refractivity contribution is 9.10. The second kappa shape index (κ2) is 9.15. The molecule has 1 unspecified atom stereocenters. The molecule has 0 fully saturated rings. The average molecular weight is 418 g/mol. The van der Waals surface area contributed by atoms with Crippen molar-refractivity contribution in [3.63, 3.8) is 0 Å². The standard InChI is InChI=1S/C19H20BrN3O3/c1-12(15-4-8-17(9-5-15)21-14(3)24)23-26-13(2)19(25)22-18-10-6-16(20)7-11-18/h4-11,13H,1-3H3,(H,21,24)(H,22,25)/b23-12+. The van der Waals surface area contributed by atoms with E-state index in [0.717, 1.165) is 10.0 Å². The van der Waals surface area contributed by atoms with Gasteiger partial charge in [0.15, 0.2) is 0 Å². The number of carbonyl (C=O) groups excluding carboxylic acids is 2. The maximum Gasteiger partial charge on any atom is 0.267 e. The first kappa shape index (κ1) is 19.7. The number of benzene rings is 2. The minimum atomic E-state index is -0.743.